The van der Waals surface area contributed by atoms with Gasteiger partial charge in [0.1, 0.15) is 4.83 Å². The molecule has 0 amide bonds. The fourth-order valence-corrected chi connectivity index (χ4v) is 1.54. The maximum atomic E-state index is 10.5. The molecule has 0 saturated heterocycles. The summed E-state index contributed by atoms with van der Waals surface area (Å²) < 4.78 is 0. The quantitative estimate of drug-likeness (QED) is 0.852. The van der Waals surface area contributed by atoms with Crippen LogP contribution < -0.4 is 0 Å². The van der Waals surface area contributed by atoms with E-state index in [-0.39, 0.29) is 0 Å². The van der Waals surface area contributed by atoms with Crippen molar-refractivity contribution in [2.45, 2.75) is 11.2 Å². The van der Waals surface area contributed by atoms with E-state index in [9.17, 15) is 4.79 Å². The van der Waals surface area contributed by atoms with E-state index in [1.807, 2.05) is 6.07 Å². The molecule has 0 unspecified atom stereocenters. The molecule has 0 fully saturated rings. The Morgan fingerprint density at radius 2 is 2.31 bits per heavy atom. The van der Waals surface area contributed by atoms with Crippen LogP contribution in [0.3, 0.4) is 0 Å². The summed E-state index contributed by atoms with van der Waals surface area (Å²) in [5.41, 5.74) is 0.914. The number of carbonyl (C=O) groups is 1. The zero-order valence-electron chi connectivity index (χ0n) is 6.71. The number of halogens is 2. The number of aliphatic carboxylic acids is 1. The Balaban J connectivity index is 2.69. The minimum Gasteiger partial charge on any atom is -0.480 e. The average molecular weight is 264 g/mol. The van der Waals surface area contributed by atoms with Crippen LogP contribution in [0.15, 0.2) is 24.3 Å². The number of alkyl halides is 1. The standard InChI is InChI=1S/C9H8BrClO2/c10-8(9(12)13)5-6-2-1-3-7(11)4-6/h1-4,8H,5H2,(H,12,13)/t8-/m1/s1. The highest BCUT2D eigenvalue weighted by Crippen LogP contribution is 2.15. The van der Waals surface area contributed by atoms with Crippen molar-refractivity contribution in [1.29, 1.82) is 0 Å². The number of rotatable bonds is 3. The zero-order chi connectivity index (χ0) is 9.84. The normalized spacial score (nSPS) is 12.5. The van der Waals surface area contributed by atoms with Crippen LogP contribution in [0, 0.1) is 0 Å². The molecule has 0 heterocycles. The third kappa shape index (κ3) is 3.36. The molecule has 70 valence electrons. The first-order chi connectivity index (χ1) is 6.09. The second-order valence-corrected chi connectivity index (χ2v) is 4.18. The second-order valence-electron chi connectivity index (χ2n) is 2.64. The Hall–Kier alpha value is -0.540. The van der Waals surface area contributed by atoms with Gasteiger partial charge >= 0.3 is 5.97 Å². The molecule has 0 spiro atoms. The van der Waals surface area contributed by atoms with Gasteiger partial charge in [-0.3, -0.25) is 4.79 Å². The van der Waals surface area contributed by atoms with Crippen LogP contribution in [0.1, 0.15) is 5.56 Å². The number of benzene rings is 1. The third-order valence-corrected chi connectivity index (χ3v) is 2.52. The van der Waals surface area contributed by atoms with E-state index in [1.54, 1.807) is 18.2 Å². The van der Waals surface area contributed by atoms with Crippen LogP contribution >= 0.6 is 27.5 Å². The van der Waals surface area contributed by atoms with Gasteiger partial charge in [-0.25, -0.2) is 0 Å². The van der Waals surface area contributed by atoms with Crippen molar-refractivity contribution < 1.29 is 9.90 Å². The van der Waals surface area contributed by atoms with Crippen molar-refractivity contribution >= 4 is 33.5 Å². The van der Waals surface area contributed by atoms with Crippen LogP contribution in [-0.4, -0.2) is 15.9 Å². The minimum absolute atomic E-state index is 0.440. The molecule has 0 aliphatic heterocycles. The molecule has 0 bridgehead atoms. The smallest absolute Gasteiger partial charge is 0.317 e. The molecule has 1 aromatic rings. The van der Waals surface area contributed by atoms with Gasteiger partial charge in [0.15, 0.2) is 0 Å². The molecular formula is C9H8BrClO2. The zero-order valence-corrected chi connectivity index (χ0v) is 9.05. The molecule has 1 rings (SSSR count). The van der Waals surface area contributed by atoms with Gasteiger partial charge in [-0.1, -0.05) is 39.7 Å². The number of hydrogen-bond acceptors (Lipinski definition) is 1. The van der Waals surface area contributed by atoms with Gasteiger partial charge in [0.2, 0.25) is 0 Å². The lowest BCUT2D eigenvalue weighted by Gasteiger charge is -2.04. The first-order valence-corrected chi connectivity index (χ1v) is 5.00. The van der Waals surface area contributed by atoms with E-state index in [1.165, 1.54) is 0 Å². The molecule has 1 aromatic carbocycles. The lowest BCUT2D eigenvalue weighted by Crippen LogP contribution is -2.15. The van der Waals surface area contributed by atoms with E-state index in [0.29, 0.717) is 11.4 Å². The molecule has 4 heteroatoms. The Morgan fingerprint density at radius 1 is 1.62 bits per heavy atom. The number of hydrogen-bond donors (Lipinski definition) is 1. The summed E-state index contributed by atoms with van der Waals surface area (Å²) in [5, 5.41) is 9.26. The Kier molecular flexibility index (Phi) is 3.75. The molecular weight excluding hydrogens is 255 g/mol. The average Bonchev–Trinajstić information content (AvgIpc) is 2.04. The fourth-order valence-electron chi connectivity index (χ4n) is 0.958. The van der Waals surface area contributed by atoms with E-state index >= 15 is 0 Å². The lowest BCUT2D eigenvalue weighted by molar-refractivity contribution is -0.136. The molecule has 1 atom stereocenters. The van der Waals surface area contributed by atoms with Crippen LogP contribution in [-0.2, 0) is 11.2 Å². The highest BCUT2D eigenvalue weighted by Gasteiger charge is 2.13. The molecule has 0 radical (unpaired) electrons. The fraction of sp³-hybridized carbons (Fsp3) is 0.222. The number of carboxylic acids is 1. The maximum Gasteiger partial charge on any atom is 0.317 e. The topological polar surface area (TPSA) is 37.3 Å². The summed E-state index contributed by atoms with van der Waals surface area (Å²) in [6.07, 6.45) is 0.440. The van der Waals surface area contributed by atoms with Gasteiger partial charge in [0.25, 0.3) is 0 Å². The lowest BCUT2D eigenvalue weighted by atomic mass is 10.1. The Bertz CT molecular complexity index is 314. The second kappa shape index (κ2) is 4.63. The van der Waals surface area contributed by atoms with Gasteiger partial charge in [-0.05, 0) is 24.1 Å². The van der Waals surface area contributed by atoms with Crippen LogP contribution in [0.2, 0.25) is 5.02 Å². The van der Waals surface area contributed by atoms with Crippen molar-refractivity contribution in [3.63, 3.8) is 0 Å². The minimum atomic E-state index is -0.861. The van der Waals surface area contributed by atoms with Crippen molar-refractivity contribution in [2.24, 2.45) is 0 Å². The summed E-state index contributed by atoms with van der Waals surface area (Å²) in [5.74, 6) is -0.861. The third-order valence-electron chi connectivity index (χ3n) is 1.57. The van der Waals surface area contributed by atoms with E-state index in [2.05, 4.69) is 15.9 Å². The van der Waals surface area contributed by atoms with Crippen LogP contribution in [0.4, 0.5) is 0 Å². The molecule has 2 nitrogen and oxygen atoms in total. The van der Waals surface area contributed by atoms with E-state index < -0.39 is 10.8 Å². The molecule has 0 aliphatic rings. The first kappa shape index (κ1) is 10.5. The molecule has 13 heavy (non-hydrogen) atoms. The highest BCUT2D eigenvalue weighted by atomic mass is 79.9. The maximum absolute atomic E-state index is 10.5. The van der Waals surface area contributed by atoms with Gasteiger partial charge in [0.05, 0.1) is 0 Å². The van der Waals surface area contributed by atoms with Crippen molar-refractivity contribution in [3.05, 3.63) is 34.9 Å². The summed E-state index contributed by atoms with van der Waals surface area (Å²) in [6, 6.07) is 7.18. The Morgan fingerprint density at radius 3 is 2.85 bits per heavy atom. The molecule has 1 N–H and O–H groups in total. The predicted molar refractivity (Wildman–Crippen MR) is 55.5 cm³/mol. The number of carboxylic acid groups (broad SMARTS) is 1. The van der Waals surface area contributed by atoms with Gasteiger partial charge in [-0.15, -0.1) is 0 Å². The molecule has 0 aliphatic carbocycles. The summed E-state index contributed by atoms with van der Waals surface area (Å²) in [4.78, 5) is 9.96. The SMILES string of the molecule is O=C(O)[C@H](Br)Cc1cccc(Cl)c1. The summed E-state index contributed by atoms with van der Waals surface area (Å²) >= 11 is 8.81. The van der Waals surface area contributed by atoms with Crippen molar-refractivity contribution in [3.8, 4) is 0 Å². The summed E-state index contributed by atoms with van der Waals surface area (Å²) in [7, 11) is 0. The van der Waals surface area contributed by atoms with Gasteiger partial charge < -0.3 is 5.11 Å². The van der Waals surface area contributed by atoms with Gasteiger partial charge in [0, 0.05) is 5.02 Å². The largest absolute Gasteiger partial charge is 0.480 e. The molecule has 0 saturated carbocycles. The van der Waals surface area contributed by atoms with E-state index in [4.69, 9.17) is 16.7 Å². The molecule has 0 aromatic heterocycles. The van der Waals surface area contributed by atoms with Crippen LogP contribution in [0.25, 0.3) is 0 Å². The Labute approximate surface area is 89.7 Å². The van der Waals surface area contributed by atoms with Gasteiger partial charge in [-0.2, -0.15) is 0 Å². The predicted octanol–water partition coefficient (Wildman–Crippen LogP) is 2.73. The van der Waals surface area contributed by atoms with Crippen LogP contribution in [0.5, 0.6) is 0 Å². The van der Waals surface area contributed by atoms with Crippen molar-refractivity contribution in [2.75, 3.05) is 0 Å². The first-order valence-electron chi connectivity index (χ1n) is 3.71. The monoisotopic (exact) mass is 262 g/mol. The van der Waals surface area contributed by atoms with E-state index in [0.717, 1.165) is 5.56 Å². The van der Waals surface area contributed by atoms with Crippen molar-refractivity contribution in [1.82, 2.24) is 0 Å². The highest BCUT2D eigenvalue weighted by molar-refractivity contribution is 9.10. The summed E-state index contributed by atoms with van der Waals surface area (Å²) in [6.45, 7) is 0.